The van der Waals surface area contributed by atoms with E-state index >= 15 is 0 Å². The van der Waals surface area contributed by atoms with E-state index in [2.05, 4.69) is 23.1 Å². The first-order chi connectivity index (χ1) is 22.3. The molecule has 3 aliphatic heterocycles. The summed E-state index contributed by atoms with van der Waals surface area (Å²) in [7, 11) is 0. The fourth-order valence-electron chi connectivity index (χ4n) is 8.75. The lowest BCUT2D eigenvalue weighted by molar-refractivity contribution is -0.144. The highest BCUT2D eigenvalue weighted by Crippen LogP contribution is 2.55. The molecule has 46 heavy (non-hydrogen) atoms. The highest BCUT2D eigenvalue weighted by Gasteiger charge is 2.57. The zero-order valence-corrected chi connectivity index (χ0v) is 25.8. The van der Waals surface area contributed by atoms with Gasteiger partial charge in [0.25, 0.3) is 0 Å². The maximum atomic E-state index is 14.3. The lowest BCUT2D eigenvalue weighted by atomic mass is 9.58. The van der Waals surface area contributed by atoms with Gasteiger partial charge in [-0.3, -0.25) is 29.0 Å². The first-order valence-electron chi connectivity index (χ1n) is 16.3. The van der Waals surface area contributed by atoms with Crippen molar-refractivity contribution in [2.24, 2.45) is 23.7 Å². The van der Waals surface area contributed by atoms with Crippen LogP contribution >= 0.6 is 0 Å². The van der Waals surface area contributed by atoms with Crippen LogP contribution in [0.5, 0.6) is 11.5 Å². The van der Waals surface area contributed by atoms with Crippen LogP contribution < -0.4 is 4.74 Å². The van der Waals surface area contributed by atoms with Crippen molar-refractivity contribution in [3.8, 4) is 11.5 Å². The van der Waals surface area contributed by atoms with E-state index in [1.165, 1.54) is 11.6 Å². The number of amides is 2. The van der Waals surface area contributed by atoms with Gasteiger partial charge in [-0.1, -0.05) is 42.0 Å². The van der Waals surface area contributed by atoms with Crippen LogP contribution in [0.15, 0.2) is 94.8 Å². The molecule has 1 N–H and O–H groups in total. The second kappa shape index (κ2) is 11.1. The number of nitrogens with zero attached hydrogens (tertiary/aromatic N) is 2. The smallest absolute Gasteiger partial charge is 0.233 e. The van der Waals surface area contributed by atoms with Gasteiger partial charge >= 0.3 is 0 Å². The molecule has 3 heterocycles. The fourth-order valence-corrected chi connectivity index (χ4v) is 8.75. The lowest BCUT2D eigenvalue weighted by Gasteiger charge is -2.43. The van der Waals surface area contributed by atoms with Gasteiger partial charge in [0.2, 0.25) is 11.8 Å². The number of ketones is 2. The molecule has 8 rings (SSSR count). The molecular weight excluding hydrogens is 580 g/mol. The third-order valence-electron chi connectivity index (χ3n) is 10.9. The Bertz CT molecular complexity index is 1810. The molecule has 0 saturated carbocycles. The van der Waals surface area contributed by atoms with Crippen LogP contribution in [0.1, 0.15) is 43.7 Å². The summed E-state index contributed by atoms with van der Waals surface area (Å²) in [6.07, 6.45) is 7.72. The highest BCUT2D eigenvalue weighted by atomic mass is 16.5. The van der Waals surface area contributed by atoms with Gasteiger partial charge in [-0.05, 0) is 73.9 Å². The molecule has 2 fully saturated rings. The van der Waals surface area contributed by atoms with Crippen molar-refractivity contribution >= 4 is 23.4 Å². The molecule has 4 atom stereocenters. The third-order valence-corrected chi connectivity index (χ3v) is 10.9. The monoisotopic (exact) mass is 616 g/mol. The van der Waals surface area contributed by atoms with Crippen LogP contribution in [0, 0.1) is 23.7 Å². The van der Waals surface area contributed by atoms with E-state index < -0.39 is 17.8 Å². The highest BCUT2D eigenvalue weighted by molar-refractivity contribution is 6.23. The van der Waals surface area contributed by atoms with E-state index in [4.69, 9.17) is 4.74 Å². The number of ether oxygens (including phenoxy) is 1. The number of benzene rings is 2. The number of Topliss-reactive ketones (excluding diaryl/α,β-unsaturated/α-hetero) is 1. The SMILES string of the molecule is CC1=CC(=O)C2=C(C[C@@H]3C(=CC[C@@H]4C(=O)N(C5CCN(Cc6ccccc6)CC5)C(=O)[C@@H]43)[C@@H]2C2=COc3ccc(O)cc3C2)C1=O. The third kappa shape index (κ3) is 4.61. The number of likely N-dealkylation sites (tertiary alicyclic amines) is 2. The summed E-state index contributed by atoms with van der Waals surface area (Å²) >= 11 is 0. The van der Waals surface area contributed by atoms with Gasteiger partial charge in [0.1, 0.15) is 11.5 Å². The molecule has 2 aromatic rings. The lowest BCUT2D eigenvalue weighted by Crippen LogP contribution is -2.48. The predicted molar refractivity (Wildman–Crippen MR) is 169 cm³/mol. The van der Waals surface area contributed by atoms with Crippen LogP contribution in [-0.4, -0.2) is 57.4 Å². The van der Waals surface area contributed by atoms with Crippen molar-refractivity contribution in [2.75, 3.05) is 13.1 Å². The molecule has 0 unspecified atom stereocenters. The molecule has 2 amide bonds. The maximum absolute atomic E-state index is 14.3. The largest absolute Gasteiger partial charge is 0.508 e. The van der Waals surface area contributed by atoms with E-state index in [1.807, 2.05) is 18.2 Å². The van der Waals surface area contributed by atoms with Gasteiger partial charge in [-0.25, -0.2) is 0 Å². The van der Waals surface area contributed by atoms with E-state index in [9.17, 15) is 24.3 Å². The number of carbonyl (C=O) groups excluding carboxylic acids is 4. The minimum Gasteiger partial charge on any atom is -0.508 e. The van der Waals surface area contributed by atoms with Crippen molar-refractivity contribution in [1.82, 2.24) is 9.80 Å². The number of phenolic OH excluding ortho intramolecular Hbond substituents is 1. The number of aromatic hydroxyl groups is 1. The van der Waals surface area contributed by atoms with Gasteiger partial charge in [-0.2, -0.15) is 0 Å². The summed E-state index contributed by atoms with van der Waals surface area (Å²) in [5, 5.41) is 10.2. The van der Waals surface area contributed by atoms with Gasteiger partial charge in [0.05, 0.1) is 18.1 Å². The van der Waals surface area contributed by atoms with Crippen molar-refractivity contribution in [2.45, 2.75) is 51.6 Å². The molecule has 3 aliphatic carbocycles. The second-order valence-corrected chi connectivity index (χ2v) is 13.5. The summed E-state index contributed by atoms with van der Waals surface area (Å²) < 4.78 is 5.99. The number of piperidine rings is 1. The Morgan fingerprint density at radius 1 is 0.957 bits per heavy atom. The summed E-state index contributed by atoms with van der Waals surface area (Å²) in [5.74, 6) is -1.79. The Hall–Kier alpha value is -4.56. The molecule has 2 saturated heterocycles. The Kier molecular flexibility index (Phi) is 6.94. The number of hydrogen-bond donors (Lipinski definition) is 1. The Balaban J connectivity index is 1.09. The van der Waals surface area contributed by atoms with Crippen LogP contribution in [-0.2, 0) is 32.1 Å². The molecular formula is C38H36N2O6. The zero-order valence-electron chi connectivity index (χ0n) is 25.8. The Morgan fingerprint density at radius 3 is 2.52 bits per heavy atom. The van der Waals surface area contributed by atoms with Gasteiger partial charge in [0, 0.05) is 60.3 Å². The Morgan fingerprint density at radius 2 is 1.74 bits per heavy atom. The number of allylic oxidation sites excluding steroid dienone is 7. The quantitative estimate of drug-likeness (QED) is 0.298. The Labute approximate surface area is 267 Å². The van der Waals surface area contributed by atoms with E-state index in [0.717, 1.165) is 49.2 Å². The minimum absolute atomic E-state index is 0.102. The van der Waals surface area contributed by atoms with Crippen LogP contribution in [0.25, 0.3) is 0 Å². The van der Waals surface area contributed by atoms with Gasteiger partial charge in [0.15, 0.2) is 11.6 Å². The van der Waals surface area contributed by atoms with Crippen molar-refractivity contribution in [1.29, 1.82) is 0 Å². The summed E-state index contributed by atoms with van der Waals surface area (Å²) in [6, 6.07) is 15.1. The number of fused-ring (bicyclic) bond motifs is 4. The molecule has 0 radical (unpaired) electrons. The molecule has 8 heteroatoms. The molecule has 234 valence electrons. The first-order valence-corrected chi connectivity index (χ1v) is 16.3. The molecule has 8 nitrogen and oxygen atoms in total. The summed E-state index contributed by atoms with van der Waals surface area (Å²) in [6.45, 7) is 4.13. The summed E-state index contributed by atoms with van der Waals surface area (Å²) in [4.78, 5) is 59.5. The topological polar surface area (TPSA) is 104 Å². The number of hydrogen-bond acceptors (Lipinski definition) is 7. The van der Waals surface area contributed by atoms with Crippen molar-refractivity contribution in [3.05, 3.63) is 106 Å². The van der Waals surface area contributed by atoms with Crippen LogP contribution in [0.2, 0.25) is 0 Å². The second-order valence-electron chi connectivity index (χ2n) is 13.5. The van der Waals surface area contributed by atoms with Gasteiger partial charge < -0.3 is 9.84 Å². The molecule has 0 spiro atoms. The van der Waals surface area contributed by atoms with Crippen LogP contribution in [0.4, 0.5) is 0 Å². The average molecular weight is 617 g/mol. The van der Waals surface area contributed by atoms with E-state index in [0.29, 0.717) is 35.3 Å². The maximum Gasteiger partial charge on any atom is 0.233 e. The number of carbonyl (C=O) groups is 4. The first kappa shape index (κ1) is 28.9. The molecule has 0 bridgehead atoms. The molecule has 0 aromatic heterocycles. The summed E-state index contributed by atoms with van der Waals surface area (Å²) in [5.41, 5.74) is 5.06. The number of imide groups is 1. The minimum atomic E-state index is -0.568. The number of phenols is 1. The zero-order chi connectivity index (χ0) is 31.7. The van der Waals surface area contributed by atoms with Crippen molar-refractivity contribution in [3.63, 3.8) is 0 Å². The molecule has 2 aromatic carbocycles. The average Bonchev–Trinajstić information content (AvgIpc) is 3.32. The fraction of sp³-hybridized carbons (Fsp3) is 0.368. The van der Waals surface area contributed by atoms with Gasteiger partial charge in [-0.15, -0.1) is 0 Å². The number of rotatable bonds is 4. The normalized spacial score (nSPS) is 28.1. The van der Waals surface area contributed by atoms with E-state index in [-0.39, 0.29) is 47.5 Å². The standard InChI is InChI=1S/C38H36N2O6/c1-21-15-31(42)35-30(36(21)43)18-29-27(33(35)24-16-23-17-26(41)7-10-32(23)46-20-24)8-9-28-34(29)38(45)40(37(28)44)25-11-13-39(14-12-25)19-22-5-3-2-4-6-22/h2-8,10,15,17,20,25,28-29,33-34,41H,9,11-14,16,18-19H2,1H3/t28-,29+,33-,34-/m0/s1. The predicted octanol–water partition coefficient (Wildman–Crippen LogP) is 4.84. The molecule has 6 aliphatic rings. The van der Waals surface area contributed by atoms with E-state index in [1.54, 1.807) is 36.3 Å². The van der Waals surface area contributed by atoms with Crippen LogP contribution in [0.3, 0.4) is 0 Å². The van der Waals surface area contributed by atoms with Crippen molar-refractivity contribution < 1.29 is 29.0 Å².